The largest absolute Gasteiger partial charge is 0.385 e. The van der Waals surface area contributed by atoms with Gasteiger partial charge in [0.2, 0.25) is 0 Å². The number of fused-ring (bicyclic) bond motifs is 1. The second-order valence-electron chi connectivity index (χ2n) is 3.86. The number of hydrogen-bond acceptors (Lipinski definition) is 6. The zero-order valence-corrected chi connectivity index (χ0v) is 10.3. The van der Waals surface area contributed by atoms with Crippen LogP contribution in [0.2, 0.25) is 0 Å². The fourth-order valence-corrected chi connectivity index (χ4v) is 2.49. The average molecular weight is 257 g/mol. The number of nitrogens with two attached hydrogens (primary N) is 1. The van der Waals surface area contributed by atoms with Crippen molar-refractivity contribution in [3.8, 4) is 0 Å². The van der Waals surface area contributed by atoms with Crippen LogP contribution in [0.3, 0.4) is 0 Å². The third-order valence-electron chi connectivity index (χ3n) is 2.58. The molecule has 1 aromatic rings. The topological polar surface area (TPSA) is 75.5 Å². The Bertz CT molecular complexity index is 573. The quantitative estimate of drug-likeness (QED) is 0.870. The van der Waals surface area contributed by atoms with Crippen LogP contribution >= 0.6 is 11.8 Å². The molecule has 2 aliphatic heterocycles. The monoisotopic (exact) mass is 257 g/mol. The first-order valence-corrected chi connectivity index (χ1v) is 6.50. The summed E-state index contributed by atoms with van der Waals surface area (Å²) in [5.74, 6) is 1.92. The minimum Gasteiger partial charge on any atom is -0.385 e. The summed E-state index contributed by atoms with van der Waals surface area (Å²) in [6.45, 7) is 0. The van der Waals surface area contributed by atoms with E-state index in [0.29, 0.717) is 16.8 Å². The number of nitrogens with zero attached hydrogens (tertiary/aromatic N) is 4. The Morgan fingerprint density at radius 1 is 1.17 bits per heavy atom. The molecule has 2 aliphatic rings. The number of hydrogen-bond donors (Lipinski definition) is 1. The van der Waals surface area contributed by atoms with Crippen LogP contribution in [0, 0.1) is 0 Å². The minimum atomic E-state index is -0.272. The molecular formula is C12H11N5S. The molecule has 1 unspecified atom stereocenters. The van der Waals surface area contributed by atoms with E-state index in [1.165, 1.54) is 11.9 Å². The van der Waals surface area contributed by atoms with Gasteiger partial charge < -0.3 is 5.73 Å². The van der Waals surface area contributed by atoms with Crippen LogP contribution < -0.4 is 5.73 Å². The van der Waals surface area contributed by atoms with E-state index in [2.05, 4.69) is 32.1 Å². The molecule has 2 N–H and O–H groups in total. The number of rotatable bonds is 2. The summed E-state index contributed by atoms with van der Waals surface area (Å²) in [5, 5.41) is 0.650. The van der Waals surface area contributed by atoms with Gasteiger partial charge >= 0.3 is 0 Å². The lowest BCUT2D eigenvalue weighted by Crippen LogP contribution is -2.35. The first-order valence-electron chi connectivity index (χ1n) is 5.52. The Morgan fingerprint density at radius 2 is 2.00 bits per heavy atom. The van der Waals surface area contributed by atoms with Crippen molar-refractivity contribution in [2.45, 2.75) is 11.8 Å². The Kier molecular flexibility index (Phi) is 2.93. The van der Waals surface area contributed by atoms with Gasteiger partial charge in [0.15, 0.2) is 17.0 Å². The molecule has 0 aliphatic carbocycles. The lowest BCUT2D eigenvalue weighted by molar-refractivity contribution is 1.12. The summed E-state index contributed by atoms with van der Waals surface area (Å²) in [6, 6.07) is 9.90. The number of aliphatic imine (C=N–C) groups is 4. The Morgan fingerprint density at radius 3 is 2.83 bits per heavy atom. The molecule has 18 heavy (non-hydrogen) atoms. The highest BCUT2D eigenvalue weighted by Gasteiger charge is 2.26. The molecule has 0 saturated heterocycles. The van der Waals surface area contributed by atoms with Crippen molar-refractivity contribution in [2.24, 2.45) is 25.7 Å². The van der Waals surface area contributed by atoms with Crippen LogP contribution in [0.1, 0.15) is 5.56 Å². The third kappa shape index (κ3) is 2.19. The Labute approximate surface area is 109 Å². The molecule has 0 saturated carbocycles. The highest BCUT2D eigenvalue weighted by atomic mass is 32.2. The molecule has 1 aromatic carbocycles. The maximum atomic E-state index is 5.84. The van der Waals surface area contributed by atoms with Gasteiger partial charge in [0, 0.05) is 5.75 Å². The second-order valence-corrected chi connectivity index (χ2v) is 4.80. The minimum absolute atomic E-state index is 0.272. The molecule has 0 spiro atoms. The summed E-state index contributed by atoms with van der Waals surface area (Å²) >= 11 is 1.55. The highest BCUT2D eigenvalue weighted by molar-refractivity contribution is 8.13. The number of benzene rings is 1. The SMILES string of the molecule is NC1=NC(SCc2ccccc2)=NC2=NC=NC12. The second kappa shape index (κ2) is 4.73. The van der Waals surface area contributed by atoms with Crippen LogP contribution in [0.5, 0.6) is 0 Å². The van der Waals surface area contributed by atoms with E-state index in [1.807, 2.05) is 18.2 Å². The van der Waals surface area contributed by atoms with Gasteiger partial charge in [-0.05, 0) is 5.56 Å². The first-order chi connectivity index (χ1) is 8.83. The van der Waals surface area contributed by atoms with E-state index in [9.17, 15) is 0 Å². The molecular weight excluding hydrogens is 246 g/mol. The smallest absolute Gasteiger partial charge is 0.191 e. The van der Waals surface area contributed by atoms with E-state index in [-0.39, 0.29) is 6.04 Å². The van der Waals surface area contributed by atoms with Gasteiger partial charge in [0.1, 0.15) is 12.2 Å². The zero-order valence-electron chi connectivity index (χ0n) is 9.52. The van der Waals surface area contributed by atoms with Crippen molar-refractivity contribution in [2.75, 3.05) is 0 Å². The van der Waals surface area contributed by atoms with Crippen molar-refractivity contribution in [1.29, 1.82) is 0 Å². The van der Waals surface area contributed by atoms with Crippen LogP contribution in [-0.4, -0.2) is 29.2 Å². The van der Waals surface area contributed by atoms with Crippen molar-refractivity contribution in [1.82, 2.24) is 0 Å². The fourth-order valence-electron chi connectivity index (χ4n) is 1.68. The fraction of sp³-hybridized carbons (Fsp3) is 0.167. The molecule has 0 bridgehead atoms. The van der Waals surface area contributed by atoms with Crippen LogP contribution in [0.15, 0.2) is 50.3 Å². The highest BCUT2D eigenvalue weighted by Crippen LogP contribution is 2.19. The third-order valence-corrected chi connectivity index (χ3v) is 3.49. The van der Waals surface area contributed by atoms with Gasteiger partial charge in [-0.25, -0.2) is 15.0 Å². The lowest BCUT2D eigenvalue weighted by Gasteiger charge is -2.13. The molecule has 0 fully saturated rings. The van der Waals surface area contributed by atoms with E-state index >= 15 is 0 Å². The molecule has 1 atom stereocenters. The van der Waals surface area contributed by atoms with Gasteiger partial charge in [0.25, 0.3) is 0 Å². The molecule has 0 radical (unpaired) electrons. The van der Waals surface area contributed by atoms with Gasteiger partial charge in [-0.3, -0.25) is 4.99 Å². The van der Waals surface area contributed by atoms with Gasteiger partial charge in [-0.1, -0.05) is 42.1 Å². The summed E-state index contributed by atoms with van der Waals surface area (Å²) < 4.78 is 0. The standard InChI is InChI=1S/C12H11N5S/c13-10-9-11(15-7-14-9)17-12(16-10)18-6-8-4-2-1-3-5-8/h1-5,7,9H,6H2,(H2,13,14,15,16,17). The first kappa shape index (κ1) is 11.2. The maximum Gasteiger partial charge on any atom is 0.191 e. The van der Waals surface area contributed by atoms with Crippen LogP contribution in [0.25, 0.3) is 0 Å². The van der Waals surface area contributed by atoms with Crippen LogP contribution in [-0.2, 0) is 5.75 Å². The predicted octanol–water partition coefficient (Wildman–Crippen LogP) is 1.46. The van der Waals surface area contributed by atoms with E-state index in [4.69, 9.17) is 5.73 Å². The molecule has 3 rings (SSSR count). The molecule has 5 nitrogen and oxygen atoms in total. The molecule has 6 heteroatoms. The lowest BCUT2D eigenvalue weighted by atomic mass is 10.2. The van der Waals surface area contributed by atoms with Gasteiger partial charge in [-0.2, -0.15) is 0 Å². The number of thioether (sulfide) groups is 1. The van der Waals surface area contributed by atoms with E-state index in [0.717, 1.165) is 5.75 Å². The van der Waals surface area contributed by atoms with Crippen molar-refractivity contribution in [3.05, 3.63) is 35.9 Å². The van der Waals surface area contributed by atoms with Gasteiger partial charge in [0.05, 0.1) is 0 Å². The van der Waals surface area contributed by atoms with Crippen LogP contribution in [0.4, 0.5) is 0 Å². The molecule has 0 aromatic heterocycles. The van der Waals surface area contributed by atoms with Crippen molar-refractivity contribution in [3.63, 3.8) is 0 Å². The Balaban J connectivity index is 1.71. The summed E-state index contributed by atoms with van der Waals surface area (Å²) in [4.78, 5) is 16.8. The average Bonchev–Trinajstić information content (AvgIpc) is 2.86. The zero-order chi connectivity index (χ0) is 12.4. The number of amidine groups is 3. The predicted molar refractivity (Wildman–Crippen MR) is 76.5 cm³/mol. The molecule has 0 amide bonds. The maximum absolute atomic E-state index is 5.84. The summed E-state index contributed by atoms with van der Waals surface area (Å²) in [6.07, 6.45) is 1.48. The molecule has 2 heterocycles. The normalized spacial score (nSPS) is 21.1. The summed E-state index contributed by atoms with van der Waals surface area (Å²) in [5.41, 5.74) is 7.07. The van der Waals surface area contributed by atoms with E-state index < -0.39 is 0 Å². The Hall–Kier alpha value is -1.95. The molecule has 90 valence electrons. The van der Waals surface area contributed by atoms with Crippen molar-refractivity contribution < 1.29 is 0 Å². The van der Waals surface area contributed by atoms with E-state index in [1.54, 1.807) is 11.8 Å². The summed E-state index contributed by atoms with van der Waals surface area (Å²) in [7, 11) is 0. The van der Waals surface area contributed by atoms with Crippen molar-refractivity contribution >= 4 is 34.9 Å². The van der Waals surface area contributed by atoms with Gasteiger partial charge in [-0.15, -0.1) is 0 Å².